The van der Waals surface area contributed by atoms with Crippen molar-refractivity contribution in [3.63, 3.8) is 0 Å². The first-order chi connectivity index (χ1) is 9.50. The van der Waals surface area contributed by atoms with Crippen molar-refractivity contribution in [2.24, 2.45) is 0 Å². The van der Waals surface area contributed by atoms with Crippen LogP contribution in [-0.2, 0) is 16.6 Å². The third kappa shape index (κ3) is 3.53. The van der Waals surface area contributed by atoms with E-state index in [1.807, 2.05) is 30.3 Å². The van der Waals surface area contributed by atoms with Crippen molar-refractivity contribution in [2.45, 2.75) is 6.54 Å². The van der Waals surface area contributed by atoms with Gasteiger partial charge >= 0.3 is 0 Å². The second kappa shape index (κ2) is 6.30. The average molecular weight is 293 g/mol. The molecular weight excluding hydrogens is 274 g/mol. The Kier molecular flexibility index (Phi) is 4.69. The number of fused-ring (bicyclic) bond motifs is 1. The highest BCUT2D eigenvalue weighted by atomic mass is 32.2. The summed E-state index contributed by atoms with van der Waals surface area (Å²) in [6.07, 6.45) is 1.77. The Hall–Kier alpha value is -1.50. The second-order valence-electron chi connectivity index (χ2n) is 4.76. The molecule has 1 aromatic carbocycles. The van der Waals surface area contributed by atoms with Crippen LogP contribution < -0.4 is 5.32 Å². The minimum absolute atomic E-state index is 0.100. The molecule has 6 heteroatoms. The van der Waals surface area contributed by atoms with Gasteiger partial charge in [-0.15, -0.1) is 0 Å². The van der Waals surface area contributed by atoms with Gasteiger partial charge in [-0.2, -0.15) is 0 Å². The molecule has 20 heavy (non-hydrogen) atoms. The van der Waals surface area contributed by atoms with E-state index in [-0.39, 0.29) is 5.75 Å². The van der Waals surface area contributed by atoms with E-state index in [1.54, 1.807) is 20.3 Å². The van der Waals surface area contributed by atoms with Crippen molar-refractivity contribution >= 4 is 20.9 Å². The summed E-state index contributed by atoms with van der Waals surface area (Å²) < 4.78 is 24.5. The largest absolute Gasteiger partial charge is 0.312 e. The maximum absolute atomic E-state index is 11.6. The summed E-state index contributed by atoms with van der Waals surface area (Å²) in [7, 11) is -0.0420. The first-order valence-corrected chi connectivity index (χ1v) is 8.05. The molecule has 0 unspecified atom stereocenters. The second-order valence-corrected chi connectivity index (χ2v) is 7.06. The molecule has 1 aromatic heterocycles. The minimum Gasteiger partial charge on any atom is -0.312 e. The topological polar surface area (TPSA) is 62.3 Å². The Balaban J connectivity index is 1.97. The number of nitrogens with zero attached hydrogens (tertiary/aromatic N) is 2. The summed E-state index contributed by atoms with van der Waals surface area (Å²) in [6, 6.07) is 9.88. The van der Waals surface area contributed by atoms with Gasteiger partial charge in [0.2, 0.25) is 10.0 Å². The van der Waals surface area contributed by atoms with E-state index in [2.05, 4.69) is 10.3 Å². The van der Waals surface area contributed by atoms with Gasteiger partial charge in [0, 0.05) is 38.8 Å². The Morgan fingerprint density at radius 1 is 1.20 bits per heavy atom. The van der Waals surface area contributed by atoms with Crippen LogP contribution in [0, 0.1) is 0 Å². The predicted molar refractivity (Wildman–Crippen MR) is 80.9 cm³/mol. The normalized spacial score (nSPS) is 12.2. The Morgan fingerprint density at radius 2 is 2.00 bits per heavy atom. The third-order valence-electron chi connectivity index (χ3n) is 3.14. The Bertz CT molecular complexity index is 678. The SMILES string of the molecule is CN(C)S(=O)(=O)CCNCc1cccc2ncccc12. The van der Waals surface area contributed by atoms with Crippen molar-refractivity contribution in [3.05, 3.63) is 42.1 Å². The number of hydrogen-bond donors (Lipinski definition) is 1. The number of nitrogens with one attached hydrogen (secondary N) is 1. The van der Waals surface area contributed by atoms with E-state index < -0.39 is 10.0 Å². The lowest BCUT2D eigenvalue weighted by atomic mass is 10.1. The molecule has 0 aliphatic rings. The van der Waals surface area contributed by atoms with Crippen molar-refractivity contribution in [1.82, 2.24) is 14.6 Å². The number of sulfonamides is 1. The molecule has 0 saturated carbocycles. The van der Waals surface area contributed by atoms with Crippen LogP contribution in [0.5, 0.6) is 0 Å². The molecule has 0 radical (unpaired) electrons. The van der Waals surface area contributed by atoms with E-state index in [0.29, 0.717) is 13.1 Å². The Labute approximate surface area is 119 Å². The van der Waals surface area contributed by atoms with Gasteiger partial charge in [0.15, 0.2) is 0 Å². The van der Waals surface area contributed by atoms with Gasteiger partial charge in [-0.3, -0.25) is 4.98 Å². The summed E-state index contributed by atoms with van der Waals surface area (Å²) in [5, 5.41) is 4.27. The lowest BCUT2D eigenvalue weighted by molar-refractivity contribution is 0.517. The van der Waals surface area contributed by atoms with Crippen molar-refractivity contribution in [3.8, 4) is 0 Å². The quantitative estimate of drug-likeness (QED) is 0.813. The van der Waals surface area contributed by atoms with Crippen LogP contribution in [0.25, 0.3) is 10.9 Å². The average Bonchev–Trinajstić information content (AvgIpc) is 2.43. The molecule has 5 nitrogen and oxygen atoms in total. The summed E-state index contributed by atoms with van der Waals surface area (Å²) in [5.74, 6) is 0.100. The third-order valence-corrected chi connectivity index (χ3v) is 4.98. The van der Waals surface area contributed by atoms with E-state index in [0.717, 1.165) is 16.5 Å². The number of aromatic nitrogens is 1. The molecule has 0 saturated heterocycles. The summed E-state index contributed by atoms with van der Waals surface area (Å²) in [5.41, 5.74) is 2.07. The van der Waals surface area contributed by atoms with Gasteiger partial charge < -0.3 is 5.32 Å². The number of pyridine rings is 1. The summed E-state index contributed by atoms with van der Waals surface area (Å²) >= 11 is 0. The molecule has 0 amide bonds. The van der Waals surface area contributed by atoms with Crippen LogP contribution in [0.15, 0.2) is 36.5 Å². The molecule has 108 valence electrons. The molecule has 0 atom stereocenters. The zero-order chi connectivity index (χ0) is 14.6. The molecule has 1 N–H and O–H groups in total. The van der Waals surface area contributed by atoms with E-state index in [1.165, 1.54) is 4.31 Å². The van der Waals surface area contributed by atoms with Gasteiger partial charge in [-0.05, 0) is 17.7 Å². The molecule has 2 aromatic rings. The molecular formula is C14H19N3O2S. The van der Waals surface area contributed by atoms with Crippen molar-refractivity contribution in [1.29, 1.82) is 0 Å². The molecule has 0 aliphatic carbocycles. The smallest absolute Gasteiger partial charge is 0.214 e. The van der Waals surface area contributed by atoms with Gasteiger partial charge in [-0.1, -0.05) is 18.2 Å². The Morgan fingerprint density at radius 3 is 2.75 bits per heavy atom. The molecule has 0 spiro atoms. The van der Waals surface area contributed by atoms with E-state index in [4.69, 9.17) is 0 Å². The van der Waals surface area contributed by atoms with Crippen LogP contribution in [0.1, 0.15) is 5.56 Å². The fraction of sp³-hybridized carbons (Fsp3) is 0.357. The van der Waals surface area contributed by atoms with E-state index >= 15 is 0 Å². The van der Waals surface area contributed by atoms with Crippen molar-refractivity contribution < 1.29 is 8.42 Å². The highest BCUT2D eigenvalue weighted by Crippen LogP contribution is 2.15. The fourth-order valence-corrected chi connectivity index (χ4v) is 2.70. The highest BCUT2D eigenvalue weighted by molar-refractivity contribution is 7.89. The van der Waals surface area contributed by atoms with Gasteiger partial charge in [0.05, 0.1) is 11.3 Å². The number of rotatable bonds is 6. The van der Waals surface area contributed by atoms with Crippen LogP contribution in [0.2, 0.25) is 0 Å². The van der Waals surface area contributed by atoms with E-state index in [9.17, 15) is 8.42 Å². The lowest BCUT2D eigenvalue weighted by Crippen LogP contribution is -2.31. The summed E-state index contributed by atoms with van der Waals surface area (Å²) in [6.45, 7) is 1.06. The molecule has 0 bridgehead atoms. The van der Waals surface area contributed by atoms with Crippen LogP contribution in [0.4, 0.5) is 0 Å². The van der Waals surface area contributed by atoms with Gasteiger partial charge in [0.25, 0.3) is 0 Å². The van der Waals surface area contributed by atoms with Gasteiger partial charge in [0.1, 0.15) is 0 Å². The standard InChI is InChI=1S/C14H19N3O2S/c1-17(2)20(18,19)10-9-15-11-12-5-3-7-14-13(12)6-4-8-16-14/h3-8,15H,9-11H2,1-2H3. The highest BCUT2D eigenvalue weighted by Gasteiger charge is 2.12. The monoisotopic (exact) mass is 293 g/mol. The van der Waals surface area contributed by atoms with Crippen LogP contribution in [0.3, 0.4) is 0 Å². The van der Waals surface area contributed by atoms with Gasteiger partial charge in [-0.25, -0.2) is 12.7 Å². The first-order valence-electron chi connectivity index (χ1n) is 6.44. The maximum Gasteiger partial charge on any atom is 0.214 e. The molecule has 1 heterocycles. The fourth-order valence-electron chi connectivity index (χ4n) is 1.93. The zero-order valence-corrected chi connectivity index (χ0v) is 12.5. The van der Waals surface area contributed by atoms with Crippen molar-refractivity contribution in [2.75, 3.05) is 26.4 Å². The predicted octanol–water partition coefficient (Wildman–Crippen LogP) is 1.22. The molecule has 0 fully saturated rings. The first kappa shape index (κ1) is 14.9. The molecule has 2 rings (SSSR count). The summed E-state index contributed by atoms with van der Waals surface area (Å²) in [4.78, 5) is 4.30. The minimum atomic E-state index is -3.14. The van der Waals surface area contributed by atoms with Crippen LogP contribution >= 0.6 is 0 Å². The number of benzene rings is 1. The zero-order valence-electron chi connectivity index (χ0n) is 11.7. The maximum atomic E-state index is 11.6. The number of hydrogen-bond acceptors (Lipinski definition) is 4. The van der Waals surface area contributed by atoms with Crippen LogP contribution in [-0.4, -0.2) is 44.1 Å². The molecule has 0 aliphatic heterocycles. The lowest BCUT2D eigenvalue weighted by Gasteiger charge is -2.12.